The van der Waals surface area contributed by atoms with Gasteiger partial charge in [-0.2, -0.15) is 0 Å². The van der Waals surface area contributed by atoms with Gasteiger partial charge in [0.25, 0.3) is 5.91 Å². The van der Waals surface area contributed by atoms with Gasteiger partial charge in [0.15, 0.2) is 5.76 Å². The van der Waals surface area contributed by atoms with Gasteiger partial charge in [0.1, 0.15) is 0 Å². The second-order valence-electron chi connectivity index (χ2n) is 7.66. The monoisotopic (exact) mass is 318 g/mol. The standard InChI is InChI=1S/C18H26N2O3/c1-12(2)14-7-10-23-15(14)17(22)20-9-8-19(11-18(20,3)4)16(21)13-5-6-13/h7,10,12-13H,5-6,8-9,11H2,1-4H3. The number of carbonyl (C=O) groups excluding carboxylic acids is 2. The predicted octanol–water partition coefficient (Wildman–Crippen LogP) is 2.88. The normalized spacial score (nSPS) is 20.9. The second kappa shape index (κ2) is 5.69. The van der Waals surface area contributed by atoms with Crippen molar-refractivity contribution in [1.82, 2.24) is 9.80 Å². The molecule has 2 fully saturated rings. The minimum atomic E-state index is -0.388. The number of amides is 2. The highest BCUT2D eigenvalue weighted by atomic mass is 16.3. The predicted molar refractivity (Wildman–Crippen MR) is 87.2 cm³/mol. The second-order valence-corrected chi connectivity index (χ2v) is 7.66. The molecule has 0 bridgehead atoms. The third-order valence-electron chi connectivity index (χ3n) is 4.90. The maximum Gasteiger partial charge on any atom is 0.290 e. The summed E-state index contributed by atoms with van der Waals surface area (Å²) in [5.41, 5.74) is 0.559. The molecule has 2 amide bonds. The minimum absolute atomic E-state index is 0.0674. The van der Waals surface area contributed by atoms with Crippen molar-refractivity contribution in [3.05, 3.63) is 23.7 Å². The molecule has 3 rings (SSSR count). The molecular weight excluding hydrogens is 292 g/mol. The van der Waals surface area contributed by atoms with Gasteiger partial charge in [-0.3, -0.25) is 9.59 Å². The zero-order chi connectivity index (χ0) is 16.8. The largest absolute Gasteiger partial charge is 0.459 e. The van der Waals surface area contributed by atoms with E-state index in [0.29, 0.717) is 25.4 Å². The van der Waals surface area contributed by atoms with Crippen LogP contribution in [0.25, 0.3) is 0 Å². The van der Waals surface area contributed by atoms with Gasteiger partial charge in [-0.1, -0.05) is 13.8 Å². The Bertz CT molecular complexity index is 614. The fraction of sp³-hybridized carbons (Fsp3) is 0.667. The fourth-order valence-electron chi connectivity index (χ4n) is 3.38. The molecule has 23 heavy (non-hydrogen) atoms. The van der Waals surface area contributed by atoms with Crippen LogP contribution in [0.5, 0.6) is 0 Å². The number of rotatable bonds is 3. The Morgan fingerprint density at radius 3 is 2.52 bits per heavy atom. The lowest BCUT2D eigenvalue weighted by Crippen LogP contribution is -2.62. The average molecular weight is 318 g/mol. The molecule has 0 aromatic carbocycles. The molecule has 5 heteroatoms. The molecule has 1 saturated carbocycles. The van der Waals surface area contributed by atoms with Gasteiger partial charge in [-0.25, -0.2) is 0 Å². The number of piperazine rings is 1. The van der Waals surface area contributed by atoms with Crippen LogP contribution >= 0.6 is 0 Å². The number of hydrogen-bond donors (Lipinski definition) is 0. The Hall–Kier alpha value is -1.78. The van der Waals surface area contributed by atoms with E-state index < -0.39 is 0 Å². The van der Waals surface area contributed by atoms with Crippen molar-refractivity contribution in [2.24, 2.45) is 5.92 Å². The Morgan fingerprint density at radius 1 is 1.26 bits per heavy atom. The number of carbonyl (C=O) groups is 2. The quantitative estimate of drug-likeness (QED) is 0.861. The lowest BCUT2D eigenvalue weighted by atomic mass is 9.96. The molecule has 0 spiro atoms. The zero-order valence-electron chi connectivity index (χ0n) is 14.5. The van der Waals surface area contributed by atoms with Crippen molar-refractivity contribution in [2.45, 2.75) is 52.0 Å². The lowest BCUT2D eigenvalue weighted by molar-refractivity contribution is -0.136. The molecule has 1 saturated heterocycles. The smallest absolute Gasteiger partial charge is 0.290 e. The van der Waals surface area contributed by atoms with E-state index in [-0.39, 0.29) is 29.2 Å². The summed E-state index contributed by atoms with van der Waals surface area (Å²) < 4.78 is 5.49. The van der Waals surface area contributed by atoms with E-state index in [4.69, 9.17) is 4.42 Å². The Kier molecular flexibility index (Phi) is 3.98. The first-order valence-corrected chi connectivity index (χ1v) is 8.49. The van der Waals surface area contributed by atoms with E-state index in [2.05, 4.69) is 13.8 Å². The van der Waals surface area contributed by atoms with Crippen molar-refractivity contribution in [2.75, 3.05) is 19.6 Å². The van der Waals surface area contributed by atoms with Gasteiger partial charge >= 0.3 is 0 Å². The lowest BCUT2D eigenvalue weighted by Gasteiger charge is -2.47. The molecule has 1 aromatic heterocycles. The summed E-state index contributed by atoms with van der Waals surface area (Å²) in [6.07, 6.45) is 3.62. The molecule has 0 radical (unpaired) electrons. The number of hydrogen-bond acceptors (Lipinski definition) is 3. The Morgan fingerprint density at radius 2 is 1.96 bits per heavy atom. The van der Waals surface area contributed by atoms with Crippen LogP contribution in [-0.2, 0) is 4.79 Å². The summed E-state index contributed by atoms with van der Waals surface area (Å²) in [5, 5.41) is 0. The van der Waals surface area contributed by atoms with Gasteiger partial charge < -0.3 is 14.2 Å². The molecule has 1 aromatic rings. The first-order valence-electron chi connectivity index (χ1n) is 8.49. The van der Waals surface area contributed by atoms with E-state index in [9.17, 15) is 9.59 Å². The van der Waals surface area contributed by atoms with E-state index in [0.717, 1.165) is 18.4 Å². The third-order valence-corrected chi connectivity index (χ3v) is 4.90. The molecule has 2 aliphatic rings. The molecule has 2 heterocycles. The van der Waals surface area contributed by atoms with Crippen LogP contribution in [-0.4, -0.2) is 46.8 Å². The van der Waals surface area contributed by atoms with Gasteiger partial charge in [-0.15, -0.1) is 0 Å². The van der Waals surface area contributed by atoms with Crippen LogP contribution in [0, 0.1) is 5.92 Å². The van der Waals surface area contributed by atoms with Gasteiger partial charge in [0.05, 0.1) is 11.8 Å². The van der Waals surface area contributed by atoms with E-state index in [1.807, 2.05) is 29.7 Å². The van der Waals surface area contributed by atoms with E-state index in [1.165, 1.54) is 0 Å². The molecule has 1 aliphatic heterocycles. The SMILES string of the molecule is CC(C)c1ccoc1C(=O)N1CCN(C(=O)C2CC2)CC1(C)C. The zero-order valence-corrected chi connectivity index (χ0v) is 14.5. The summed E-state index contributed by atoms with van der Waals surface area (Å²) in [6.45, 7) is 9.92. The summed E-state index contributed by atoms with van der Waals surface area (Å²) in [5.74, 6) is 1.10. The van der Waals surface area contributed by atoms with Crippen molar-refractivity contribution in [3.8, 4) is 0 Å². The van der Waals surface area contributed by atoms with Crippen molar-refractivity contribution >= 4 is 11.8 Å². The summed E-state index contributed by atoms with van der Waals surface area (Å²) in [6, 6.07) is 1.87. The van der Waals surface area contributed by atoms with Crippen LogP contribution < -0.4 is 0 Å². The van der Waals surface area contributed by atoms with Gasteiger partial charge in [0, 0.05) is 31.1 Å². The van der Waals surface area contributed by atoms with Crippen molar-refractivity contribution in [3.63, 3.8) is 0 Å². The van der Waals surface area contributed by atoms with Crippen LogP contribution in [0.4, 0.5) is 0 Å². The van der Waals surface area contributed by atoms with E-state index in [1.54, 1.807) is 6.26 Å². The molecule has 5 nitrogen and oxygen atoms in total. The maximum absolute atomic E-state index is 13.0. The van der Waals surface area contributed by atoms with Crippen LogP contribution in [0.1, 0.15) is 62.6 Å². The minimum Gasteiger partial charge on any atom is -0.459 e. The highest BCUT2D eigenvalue weighted by Crippen LogP contribution is 2.33. The molecule has 0 N–H and O–H groups in total. The van der Waals surface area contributed by atoms with Gasteiger partial charge in [-0.05, 0) is 38.7 Å². The Labute approximate surface area is 137 Å². The molecule has 0 atom stereocenters. The fourth-order valence-corrected chi connectivity index (χ4v) is 3.38. The van der Waals surface area contributed by atoms with Gasteiger partial charge in [0.2, 0.25) is 5.91 Å². The van der Waals surface area contributed by atoms with Crippen LogP contribution in [0.2, 0.25) is 0 Å². The summed E-state index contributed by atoms with van der Waals surface area (Å²) in [7, 11) is 0. The summed E-state index contributed by atoms with van der Waals surface area (Å²) >= 11 is 0. The highest BCUT2D eigenvalue weighted by Gasteiger charge is 2.43. The molecule has 126 valence electrons. The van der Waals surface area contributed by atoms with Crippen molar-refractivity contribution in [1.29, 1.82) is 0 Å². The first kappa shape index (κ1) is 16.1. The van der Waals surface area contributed by atoms with Crippen molar-refractivity contribution < 1.29 is 14.0 Å². The topological polar surface area (TPSA) is 53.8 Å². The number of furan rings is 1. The van der Waals surface area contributed by atoms with E-state index >= 15 is 0 Å². The van der Waals surface area contributed by atoms with Crippen LogP contribution in [0.3, 0.4) is 0 Å². The molecule has 0 unspecified atom stereocenters. The number of nitrogens with zero attached hydrogens (tertiary/aromatic N) is 2. The highest BCUT2D eigenvalue weighted by molar-refractivity contribution is 5.94. The summed E-state index contributed by atoms with van der Waals surface area (Å²) in [4.78, 5) is 29.0. The third kappa shape index (κ3) is 3.01. The average Bonchev–Trinajstić information content (AvgIpc) is 3.20. The van der Waals surface area contributed by atoms with Crippen LogP contribution in [0.15, 0.2) is 16.7 Å². The maximum atomic E-state index is 13.0. The Balaban J connectivity index is 1.76. The molecule has 1 aliphatic carbocycles. The first-order chi connectivity index (χ1) is 10.8. The molecular formula is C18H26N2O3.